The standard InChI is InChI=1S/C19H23N5O3/c1-11(2)14-8-16(27-23-14)19(25)24-7-6-13-15(10-24)22-18(21-13)12-4-5-17(26-3)20-9-12/h4-5,9,11,16H,6-8,10H2,1-3H3,(H,21,22)/t16-/m0/s1. The molecule has 0 radical (unpaired) electrons. The van der Waals surface area contributed by atoms with Gasteiger partial charge in [0.25, 0.3) is 5.91 Å². The van der Waals surface area contributed by atoms with Gasteiger partial charge in [-0.2, -0.15) is 0 Å². The summed E-state index contributed by atoms with van der Waals surface area (Å²) >= 11 is 0. The van der Waals surface area contributed by atoms with Crippen molar-refractivity contribution in [1.29, 1.82) is 0 Å². The number of aromatic nitrogens is 3. The Morgan fingerprint density at radius 2 is 2.26 bits per heavy atom. The van der Waals surface area contributed by atoms with Crippen molar-refractivity contribution >= 4 is 11.6 Å². The quantitative estimate of drug-likeness (QED) is 0.892. The van der Waals surface area contributed by atoms with Crippen LogP contribution >= 0.6 is 0 Å². The molecule has 2 aromatic rings. The van der Waals surface area contributed by atoms with E-state index in [1.54, 1.807) is 19.4 Å². The zero-order valence-corrected chi connectivity index (χ0v) is 15.7. The number of oxime groups is 1. The molecule has 142 valence electrons. The molecule has 0 saturated carbocycles. The fraction of sp³-hybridized carbons (Fsp3) is 0.474. The van der Waals surface area contributed by atoms with Crippen LogP contribution in [0.5, 0.6) is 5.88 Å². The summed E-state index contributed by atoms with van der Waals surface area (Å²) in [5.74, 6) is 1.60. The van der Waals surface area contributed by atoms with E-state index >= 15 is 0 Å². The van der Waals surface area contributed by atoms with Crippen molar-refractivity contribution in [3.63, 3.8) is 0 Å². The van der Waals surface area contributed by atoms with Crippen LogP contribution in [0.4, 0.5) is 0 Å². The Morgan fingerprint density at radius 3 is 2.93 bits per heavy atom. The molecule has 0 aliphatic carbocycles. The molecule has 0 unspecified atom stereocenters. The second-order valence-corrected chi connectivity index (χ2v) is 7.15. The molecule has 4 heterocycles. The van der Waals surface area contributed by atoms with E-state index in [9.17, 15) is 4.79 Å². The minimum absolute atomic E-state index is 0.0117. The summed E-state index contributed by atoms with van der Waals surface area (Å²) in [6.07, 6.45) is 2.51. The Labute approximate surface area is 157 Å². The maximum atomic E-state index is 12.8. The van der Waals surface area contributed by atoms with Gasteiger partial charge in [-0.3, -0.25) is 4.79 Å². The fourth-order valence-electron chi connectivity index (χ4n) is 3.33. The first-order valence-corrected chi connectivity index (χ1v) is 9.14. The van der Waals surface area contributed by atoms with Crippen LogP contribution in [0.25, 0.3) is 11.4 Å². The third-order valence-corrected chi connectivity index (χ3v) is 5.00. The van der Waals surface area contributed by atoms with Gasteiger partial charge < -0.3 is 19.5 Å². The van der Waals surface area contributed by atoms with E-state index in [0.717, 1.165) is 28.5 Å². The number of nitrogens with zero attached hydrogens (tertiary/aromatic N) is 4. The van der Waals surface area contributed by atoms with E-state index in [1.165, 1.54) is 0 Å². The Bertz CT molecular complexity index is 872. The minimum Gasteiger partial charge on any atom is -0.481 e. The molecule has 8 heteroatoms. The van der Waals surface area contributed by atoms with Crippen molar-refractivity contribution in [2.24, 2.45) is 11.1 Å². The van der Waals surface area contributed by atoms with E-state index in [1.807, 2.05) is 11.0 Å². The van der Waals surface area contributed by atoms with Crippen LogP contribution in [0.2, 0.25) is 0 Å². The molecule has 8 nitrogen and oxygen atoms in total. The largest absolute Gasteiger partial charge is 0.481 e. The second-order valence-electron chi connectivity index (χ2n) is 7.15. The van der Waals surface area contributed by atoms with Crippen molar-refractivity contribution in [3.05, 3.63) is 29.7 Å². The molecule has 0 aromatic carbocycles. The highest BCUT2D eigenvalue weighted by Gasteiger charge is 2.34. The zero-order valence-electron chi connectivity index (χ0n) is 15.7. The summed E-state index contributed by atoms with van der Waals surface area (Å²) in [5.41, 5.74) is 3.79. The minimum atomic E-state index is -0.503. The van der Waals surface area contributed by atoms with Crippen molar-refractivity contribution in [2.75, 3.05) is 13.7 Å². The third kappa shape index (κ3) is 3.39. The molecule has 1 amide bonds. The number of aromatic amines is 1. The molecular formula is C19H23N5O3. The summed E-state index contributed by atoms with van der Waals surface area (Å²) in [6.45, 7) is 5.25. The zero-order chi connectivity index (χ0) is 19.0. The number of hydrogen-bond donors (Lipinski definition) is 1. The molecule has 4 rings (SSSR count). The molecule has 27 heavy (non-hydrogen) atoms. The van der Waals surface area contributed by atoms with E-state index in [2.05, 4.69) is 34.0 Å². The molecule has 0 saturated heterocycles. The maximum Gasteiger partial charge on any atom is 0.267 e. The van der Waals surface area contributed by atoms with Crippen LogP contribution in [0, 0.1) is 5.92 Å². The van der Waals surface area contributed by atoms with Gasteiger partial charge in [0.15, 0.2) is 0 Å². The molecule has 2 aliphatic heterocycles. The highest BCUT2D eigenvalue weighted by molar-refractivity contribution is 5.93. The number of amides is 1. The molecule has 1 N–H and O–H groups in total. The van der Waals surface area contributed by atoms with Crippen LogP contribution in [0.15, 0.2) is 23.5 Å². The number of nitrogens with one attached hydrogen (secondary N) is 1. The lowest BCUT2D eigenvalue weighted by molar-refractivity contribution is -0.143. The summed E-state index contributed by atoms with van der Waals surface area (Å²) < 4.78 is 5.09. The van der Waals surface area contributed by atoms with Crippen LogP contribution in [-0.2, 0) is 22.6 Å². The van der Waals surface area contributed by atoms with Gasteiger partial charge in [-0.05, 0) is 12.0 Å². The lowest BCUT2D eigenvalue weighted by atomic mass is 10.0. The number of imidazole rings is 1. The number of pyridine rings is 1. The van der Waals surface area contributed by atoms with Crippen LogP contribution in [-0.4, -0.2) is 51.2 Å². The fourth-order valence-corrected chi connectivity index (χ4v) is 3.33. The predicted molar refractivity (Wildman–Crippen MR) is 99.3 cm³/mol. The number of methoxy groups -OCH3 is 1. The smallest absolute Gasteiger partial charge is 0.267 e. The van der Waals surface area contributed by atoms with Gasteiger partial charge in [-0.25, -0.2) is 9.97 Å². The van der Waals surface area contributed by atoms with Crippen LogP contribution in [0.3, 0.4) is 0 Å². The first-order chi connectivity index (χ1) is 13.0. The molecule has 2 aromatic heterocycles. The first kappa shape index (κ1) is 17.5. The topological polar surface area (TPSA) is 92.7 Å². The van der Waals surface area contributed by atoms with Gasteiger partial charge in [0.1, 0.15) is 5.82 Å². The Hall–Kier alpha value is -2.90. The van der Waals surface area contributed by atoms with Gasteiger partial charge >= 0.3 is 0 Å². The average molecular weight is 369 g/mol. The van der Waals surface area contributed by atoms with Crippen molar-refractivity contribution in [2.45, 2.75) is 39.3 Å². The molecule has 0 spiro atoms. The average Bonchev–Trinajstić information content (AvgIpc) is 3.34. The summed E-state index contributed by atoms with van der Waals surface area (Å²) in [6, 6.07) is 3.71. The van der Waals surface area contributed by atoms with Crippen molar-refractivity contribution in [3.8, 4) is 17.3 Å². The number of ether oxygens (including phenoxy) is 1. The lowest BCUT2D eigenvalue weighted by Crippen LogP contribution is -2.42. The van der Waals surface area contributed by atoms with Gasteiger partial charge in [0.05, 0.1) is 30.8 Å². The highest BCUT2D eigenvalue weighted by atomic mass is 16.6. The van der Waals surface area contributed by atoms with E-state index < -0.39 is 6.10 Å². The molecule has 0 bridgehead atoms. The van der Waals surface area contributed by atoms with Gasteiger partial charge in [0, 0.05) is 37.2 Å². The molecular weight excluding hydrogens is 346 g/mol. The Balaban J connectivity index is 1.45. The van der Waals surface area contributed by atoms with E-state index in [-0.39, 0.29) is 5.91 Å². The number of hydrogen-bond acceptors (Lipinski definition) is 6. The monoisotopic (exact) mass is 369 g/mol. The molecule has 2 aliphatic rings. The number of rotatable bonds is 4. The number of fused-ring (bicyclic) bond motifs is 1. The summed E-state index contributed by atoms with van der Waals surface area (Å²) in [4.78, 5) is 32.2. The van der Waals surface area contributed by atoms with E-state index in [4.69, 9.17) is 9.57 Å². The van der Waals surface area contributed by atoms with Crippen LogP contribution < -0.4 is 4.74 Å². The lowest BCUT2D eigenvalue weighted by Gasteiger charge is -2.27. The van der Waals surface area contributed by atoms with Gasteiger partial charge in [-0.15, -0.1) is 0 Å². The van der Waals surface area contributed by atoms with Crippen molar-refractivity contribution in [1.82, 2.24) is 19.9 Å². The number of H-pyrrole nitrogens is 1. The third-order valence-electron chi connectivity index (χ3n) is 5.00. The van der Waals surface area contributed by atoms with Gasteiger partial charge in [-0.1, -0.05) is 19.0 Å². The summed E-state index contributed by atoms with van der Waals surface area (Å²) in [7, 11) is 1.59. The Kier molecular flexibility index (Phi) is 4.55. The van der Waals surface area contributed by atoms with Gasteiger partial charge in [0.2, 0.25) is 12.0 Å². The normalized spacial score (nSPS) is 18.9. The van der Waals surface area contributed by atoms with Crippen molar-refractivity contribution < 1.29 is 14.4 Å². The highest BCUT2D eigenvalue weighted by Crippen LogP contribution is 2.25. The molecule has 1 atom stereocenters. The summed E-state index contributed by atoms with van der Waals surface area (Å²) in [5, 5.41) is 4.07. The SMILES string of the molecule is COc1ccc(-c2nc3c([nH]2)CN(C(=O)[C@@H]2CC(C(C)C)=NO2)CC3)cn1. The Morgan fingerprint density at radius 1 is 1.41 bits per heavy atom. The maximum absolute atomic E-state index is 12.8. The molecule has 0 fully saturated rings. The number of carbonyl (C=O) groups is 1. The second kappa shape index (κ2) is 7.02. The predicted octanol–water partition coefficient (Wildman–Crippen LogP) is 2.17. The first-order valence-electron chi connectivity index (χ1n) is 9.14. The van der Waals surface area contributed by atoms with E-state index in [0.29, 0.717) is 37.7 Å². The van der Waals surface area contributed by atoms with Crippen LogP contribution in [0.1, 0.15) is 31.7 Å². The number of carbonyl (C=O) groups excluding carboxylic acids is 1.